The molecule has 3 heteroatoms. The Balaban J connectivity index is 1.98. The number of carbonyl (C=O) groups is 1. The van der Waals surface area contributed by atoms with Crippen LogP contribution in [0.3, 0.4) is 0 Å². The van der Waals surface area contributed by atoms with Crippen LogP contribution in [0.5, 0.6) is 0 Å². The molecule has 1 N–H and O–H groups in total. The molecule has 0 aliphatic heterocycles. The van der Waals surface area contributed by atoms with Gasteiger partial charge in [0.1, 0.15) is 0 Å². The van der Waals surface area contributed by atoms with Gasteiger partial charge in [0, 0.05) is 11.6 Å². The van der Waals surface area contributed by atoms with Gasteiger partial charge in [-0.05, 0) is 51.5 Å². The molecule has 21 heavy (non-hydrogen) atoms. The van der Waals surface area contributed by atoms with Crippen molar-refractivity contribution in [3.8, 4) is 0 Å². The van der Waals surface area contributed by atoms with Crippen molar-refractivity contribution in [1.82, 2.24) is 4.90 Å². The van der Waals surface area contributed by atoms with Crippen LogP contribution >= 0.6 is 0 Å². The fourth-order valence-corrected chi connectivity index (χ4v) is 4.76. The molecule has 0 aromatic carbocycles. The molecule has 0 bridgehead atoms. The van der Waals surface area contributed by atoms with E-state index >= 15 is 0 Å². The summed E-state index contributed by atoms with van der Waals surface area (Å²) in [7, 11) is 2.21. The number of carboxylic acids is 1. The SMILES string of the molecule is CCCC1CCC(N(C)C2(CC(=O)O)CCCCC2)CC1. The summed E-state index contributed by atoms with van der Waals surface area (Å²) < 4.78 is 0. The van der Waals surface area contributed by atoms with Gasteiger partial charge in [-0.1, -0.05) is 39.0 Å². The lowest BCUT2D eigenvalue weighted by molar-refractivity contribution is -0.142. The van der Waals surface area contributed by atoms with E-state index in [9.17, 15) is 9.90 Å². The van der Waals surface area contributed by atoms with Crippen molar-refractivity contribution >= 4 is 5.97 Å². The smallest absolute Gasteiger partial charge is 0.305 e. The molecule has 0 unspecified atom stereocenters. The van der Waals surface area contributed by atoms with Crippen molar-refractivity contribution in [2.75, 3.05) is 7.05 Å². The van der Waals surface area contributed by atoms with Gasteiger partial charge in [0.05, 0.1) is 6.42 Å². The maximum atomic E-state index is 11.4. The molecule has 122 valence electrons. The third-order valence-electron chi connectivity index (χ3n) is 6.07. The summed E-state index contributed by atoms with van der Waals surface area (Å²) in [6.45, 7) is 2.28. The first-order chi connectivity index (χ1) is 10.1. The minimum absolute atomic E-state index is 0.0632. The van der Waals surface area contributed by atoms with E-state index in [-0.39, 0.29) is 5.54 Å². The highest BCUT2D eigenvalue weighted by Gasteiger charge is 2.41. The molecule has 0 aromatic heterocycles. The fraction of sp³-hybridized carbons (Fsp3) is 0.944. The quantitative estimate of drug-likeness (QED) is 0.786. The summed E-state index contributed by atoms with van der Waals surface area (Å²) in [6.07, 6.45) is 14.0. The zero-order valence-corrected chi connectivity index (χ0v) is 13.9. The zero-order chi connectivity index (χ0) is 15.3. The van der Waals surface area contributed by atoms with Crippen LogP contribution in [-0.4, -0.2) is 34.6 Å². The number of hydrogen-bond donors (Lipinski definition) is 1. The van der Waals surface area contributed by atoms with Crippen LogP contribution in [0, 0.1) is 5.92 Å². The van der Waals surface area contributed by atoms with E-state index in [1.165, 1.54) is 57.8 Å². The molecule has 0 radical (unpaired) electrons. The van der Waals surface area contributed by atoms with Gasteiger partial charge in [0.15, 0.2) is 0 Å². The first-order valence-electron chi connectivity index (χ1n) is 9.02. The Hall–Kier alpha value is -0.570. The first kappa shape index (κ1) is 16.8. The number of aliphatic carboxylic acids is 1. The molecule has 0 spiro atoms. The molecule has 0 saturated heterocycles. The minimum Gasteiger partial charge on any atom is -0.481 e. The van der Waals surface area contributed by atoms with Crippen LogP contribution in [-0.2, 0) is 4.79 Å². The van der Waals surface area contributed by atoms with E-state index < -0.39 is 5.97 Å². The second-order valence-electron chi connectivity index (χ2n) is 7.43. The fourth-order valence-electron chi connectivity index (χ4n) is 4.76. The first-order valence-corrected chi connectivity index (χ1v) is 9.02. The van der Waals surface area contributed by atoms with Gasteiger partial charge in [0.2, 0.25) is 0 Å². The summed E-state index contributed by atoms with van der Waals surface area (Å²) in [5.41, 5.74) is -0.0632. The van der Waals surface area contributed by atoms with Crippen molar-refractivity contribution in [3.63, 3.8) is 0 Å². The predicted octanol–water partition coefficient (Wildman–Crippen LogP) is 4.45. The standard InChI is InChI=1S/C18H33NO2/c1-3-7-15-8-10-16(11-9-15)19(2)18(14-17(20)21)12-5-4-6-13-18/h15-16H,3-14H2,1-2H3,(H,20,21). The number of nitrogens with zero attached hydrogens (tertiary/aromatic N) is 1. The van der Waals surface area contributed by atoms with Gasteiger partial charge in [-0.3, -0.25) is 9.69 Å². The molecule has 0 atom stereocenters. The van der Waals surface area contributed by atoms with Crippen molar-refractivity contribution in [2.24, 2.45) is 5.92 Å². The average molecular weight is 295 g/mol. The summed E-state index contributed by atoms with van der Waals surface area (Å²) in [5, 5.41) is 9.36. The van der Waals surface area contributed by atoms with Crippen LogP contribution in [0.25, 0.3) is 0 Å². The van der Waals surface area contributed by atoms with E-state index in [0.29, 0.717) is 12.5 Å². The van der Waals surface area contributed by atoms with Crippen molar-refractivity contribution in [1.29, 1.82) is 0 Å². The van der Waals surface area contributed by atoms with E-state index in [4.69, 9.17) is 0 Å². The van der Waals surface area contributed by atoms with Gasteiger partial charge in [-0.15, -0.1) is 0 Å². The molecular weight excluding hydrogens is 262 g/mol. The largest absolute Gasteiger partial charge is 0.481 e. The highest BCUT2D eigenvalue weighted by Crippen LogP contribution is 2.40. The third-order valence-corrected chi connectivity index (χ3v) is 6.07. The topological polar surface area (TPSA) is 40.5 Å². The normalized spacial score (nSPS) is 29.5. The molecule has 3 nitrogen and oxygen atoms in total. The number of carboxylic acid groups (broad SMARTS) is 1. The Morgan fingerprint density at radius 3 is 2.29 bits per heavy atom. The molecule has 2 aliphatic rings. The molecular formula is C18H33NO2. The van der Waals surface area contributed by atoms with Crippen molar-refractivity contribution in [3.05, 3.63) is 0 Å². The zero-order valence-electron chi connectivity index (χ0n) is 13.9. The molecule has 0 heterocycles. The van der Waals surface area contributed by atoms with E-state index in [2.05, 4.69) is 18.9 Å². The molecule has 2 saturated carbocycles. The van der Waals surface area contributed by atoms with Gasteiger partial charge in [-0.25, -0.2) is 0 Å². The highest BCUT2D eigenvalue weighted by molar-refractivity contribution is 5.68. The van der Waals surface area contributed by atoms with Crippen molar-refractivity contribution in [2.45, 2.75) is 95.6 Å². The average Bonchev–Trinajstić information content (AvgIpc) is 2.48. The highest BCUT2D eigenvalue weighted by atomic mass is 16.4. The Kier molecular flexibility index (Phi) is 6.09. The van der Waals surface area contributed by atoms with Crippen LogP contribution in [0.15, 0.2) is 0 Å². The maximum Gasteiger partial charge on any atom is 0.305 e. The van der Waals surface area contributed by atoms with E-state index in [1.54, 1.807) is 0 Å². The van der Waals surface area contributed by atoms with Crippen molar-refractivity contribution < 1.29 is 9.90 Å². The number of hydrogen-bond acceptors (Lipinski definition) is 2. The summed E-state index contributed by atoms with van der Waals surface area (Å²) in [5.74, 6) is 0.296. The van der Waals surface area contributed by atoms with E-state index in [0.717, 1.165) is 18.8 Å². The predicted molar refractivity (Wildman–Crippen MR) is 86.5 cm³/mol. The Morgan fingerprint density at radius 1 is 1.14 bits per heavy atom. The Bertz CT molecular complexity index is 328. The van der Waals surface area contributed by atoms with Gasteiger partial charge < -0.3 is 5.11 Å². The van der Waals surface area contributed by atoms with Crippen LogP contribution in [0.2, 0.25) is 0 Å². The lowest BCUT2D eigenvalue weighted by atomic mass is 9.75. The Morgan fingerprint density at radius 2 is 1.76 bits per heavy atom. The van der Waals surface area contributed by atoms with Gasteiger partial charge in [-0.2, -0.15) is 0 Å². The summed E-state index contributed by atoms with van der Waals surface area (Å²) in [6, 6.07) is 0.607. The lowest BCUT2D eigenvalue weighted by Gasteiger charge is -2.49. The Labute approximate surface area is 130 Å². The molecule has 2 rings (SSSR count). The van der Waals surface area contributed by atoms with Gasteiger partial charge >= 0.3 is 5.97 Å². The number of rotatable bonds is 6. The third kappa shape index (κ3) is 4.21. The second kappa shape index (κ2) is 7.62. The molecule has 2 aliphatic carbocycles. The van der Waals surface area contributed by atoms with Crippen LogP contribution < -0.4 is 0 Å². The second-order valence-corrected chi connectivity index (χ2v) is 7.43. The maximum absolute atomic E-state index is 11.4. The molecule has 0 aromatic rings. The molecule has 2 fully saturated rings. The van der Waals surface area contributed by atoms with E-state index in [1.807, 2.05) is 0 Å². The summed E-state index contributed by atoms with van der Waals surface area (Å²) in [4.78, 5) is 13.9. The minimum atomic E-state index is -0.622. The van der Waals surface area contributed by atoms with Crippen LogP contribution in [0.4, 0.5) is 0 Å². The monoisotopic (exact) mass is 295 g/mol. The molecule has 0 amide bonds. The summed E-state index contributed by atoms with van der Waals surface area (Å²) >= 11 is 0. The van der Waals surface area contributed by atoms with Crippen LogP contribution in [0.1, 0.15) is 84.0 Å². The van der Waals surface area contributed by atoms with Gasteiger partial charge in [0.25, 0.3) is 0 Å². The lowest BCUT2D eigenvalue weighted by Crippen LogP contribution is -2.54.